The maximum Gasteiger partial charge on any atom is 0.274 e. The van der Waals surface area contributed by atoms with Crippen molar-refractivity contribution in [2.45, 2.75) is 13.0 Å². The van der Waals surface area contributed by atoms with Crippen LogP contribution in [0.2, 0.25) is 0 Å². The molecule has 8 nitrogen and oxygen atoms in total. The van der Waals surface area contributed by atoms with E-state index in [0.717, 1.165) is 11.3 Å². The average molecular weight is 434 g/mol. The van der Waals surface area contributed by atoms with Gasteiger partial charge in [0.05, 0.1) is 6.42 Å². The summed E-state index contributed by atoms with van der Waals surface area (Å²) in [6, 6.07) is 15.2. The predicted octanol–water partition coefficient (Wildman–Crippen LogP) is 3.43. The highest BCUT2D eigenvalue weighted by atomic mass is 19.1. The van der Waals surface area contributed by atoms with Gasteiger partial charge in [0.15, 0.2) is 11.5 Å². The Bertz CT molecular complexity index is 1270. The van der Waals surface area contributed by atoms with E-state index < -0.39 is 0 Å². The van der Waals surface area contributed by atoms with Crippen molar-refractivity contribution in [3.63, 3.8) is 0 Å². The van der Waals surface area contributed by atoms with E-state index >= 15 is 0 Å². The number of nitrogens with one attached hydrogen (secondary N) is 1. The van der Waals surface area contributed by atoms with E-state index in [1.54, 1.807) is 12.1 Å². The summed E-state index contributed by atoms with van der Waals surface area (Å²) in [5.41, 5.74) is 2.13. The van der Waals surface area contributed by atoms with Crippen LogP contribution in [0.25, 0.3) is 23.0 Å². The molecular weight excluding hydrogens is 415 g/mol. The van der Waals surface area contributed by atoms with Crippen LogP contribution in [0.5, 0.6) is 11.5 Å². The Morgan fingerprint density at radius 1 is 1.09 bits per heavy atom. The molecule has 0 atom stereocenters. The van der Waals surface area contributed by atoms with Gasteiger partial charge in [-0.05, 0) is 48.0 Å². The molecule has 2 aromatic carbocycles. The second-order valence-corrected chi connectivity index (χ2v) is 7.23. The van der Waals surface area contributed by atoms with E-state index in [1.807, 2.05) is 41.1 Å². The minimum absolute atomic E-state index is 0.124. The van der Waals surface area contributed by atoms with Gasteiger partial charge in [0.25, 0.3) is 5.89 Å². The lowest BCUT2D eigenvalue weighted by molar-refractivity contribution is -0.120. The second kappa shape index (κ2) is 8.54. The molecule has 2 aromatic heterocycles. The monoisotopic (exact) mass is 434 g/mol. The quantitative estimate of drug-likeness (QED) is 0.479. The van der Waals surface area contributed by atoms with Crippen LogP contribution in [-0.4, -0.2) is 34.0 Å². The van der Waals surface area contributed by atoms with Crippen LogP contribution in [0.1, 0.15) is 5.56 Å². The zero-order valence-electron chi connectivity index (χ0n) is 17.0. The summed E-state index contributed by atoms with van der Waals surface area (Å²) >= 11 is 0. The Hall–Kier alpha value is -4.14. The minimum Gasteiger partial charge on any atom is -0.454 e. The van der Waals surface area contributed by atoms with Crippen molar-refractivity contribution in [2.24, 2.45) is 0 Å². The molecule has 1 aliphatic heterocycles. The number of benzene rings is 2. The molecule has 1 N–H and O–H groups in total. The molecule has 0 radical (unpaired) electrons. The average Bonchev–Trinajstić information content (AvgIpc) is 3.53. The van der Waals surface area contributed by atoms with E-state index in [2.05, 4.69) is 15.5 Å². The van der Waals surface area contributed by atoms with Gasteiger partial charge in [0, 0.05) is 24.8 Å². The van der Waals surface area contributed by atoms with Gasteiger partial charge in [-0.15, -0.1) is 0 Å². The third kappa shape index (κ3) is 4.18. The molecule has 4 aromatic rings. The van der Waals surface area contributed by atoms with Gasteiger partial charge in [0.2, 0.25) is 18.5 Å². The lowest BCUT2D eigenvalue weighted by atomic mass is 10.1. The summed E-state index contributed by atoms with van der Waals surface area (Å²) in [6.07, 6.45) is 2.00. The molecule has 0 unspecified atom stereocenters. The van der Waals surface area contributed by atoms with Gasteiger partial charge in [-0.1, -0.05) is 17.3 Å². The van der Waals surface area contributed by atoms with Crippen molar-refractivity contribution in [1.29, 1.82) is 0 Å². The number of carbonyl (C=O) groups excluding carboxylic acids is 1. The van der Waals surface area contributed by atoms with Crippen molar-refractivity contribution in [2.75, 3.05) is 13.3 Å². The summed E-state index contributed by atoms with van der Waals surface area (Å²) in [5.74, 6) is 1.61. The van der Waals surface area contributed by atoms with Gasteiger partial charge >= 0.3 is 0 Å². The fourth-order valence-electron chi connectivity index (χ4n) is 3.49. The minimum atomic E-state index is -0.355. The van der Waals surface area contributed by atoms with Crippen LogP contribution < -0.4 is 14.8 Å². The number of hydrogen-bond donors (Lipinski definition) is 1. The van der Waals surface area contributed by atoms with Gasteiger partial charge in [0.1, 0.15) is 11.5 Å². The number of nitrogens with zero attached hydrogens (tertiary/aromatic N) is 3. The van der Waals surface area contributed by atoms with Crippen molar-refractivity contribution < 1.29 is 23.2 Å². The van der Waals surface area contributed by atoms with Crippen molar-refractivity contribution in [1.82, 2.24) is 20.0 Å². The highest BCUT2D eigenvalue weighted by Gasteiger charge is 2.18. The first kappa shape index (κ1) is 19.8. The maximum atomic E-state index is 13.3. The van der Waals surface area contributed by atoms with E-state index in [4.69, 9.17) is 14.0 Å². The lowest BCUT2D eigenvalue weighted by Gasteiger charge is -2.08. The second-order valence-electron chi connectivity index (χ2n) is 7.23. The first-order valence-corrected chi connectivity index (χ1v) is 10.1. The van der Waals surface area contributed by atoms with Gasteiger partial charge in [-0.3, -0.25) is 4.79 Å². The number of rotatable bonds is 7. The summed E-state index contributed by atoms with van der Waals surface area (Å²) in [6.45, 7) is 1.11. The highest BCUT2D eigenvalue weighted by Crippen LogP contribution is 2.35. The normalized spacial score (nSPS) is 12.2. The van der Waals surface area contributed by atoms with Crippen LogP contribution in [0.4, 0.5) is 4.39 Å². The number of halogens is 1. The molecule has 0 spiro atoms. The molecule has 0 fully saturated rings. The predicted molar refractivity (Wildman–Crippen MR) is 112 cm³/mol. The van der Waals surface area contributed by atoms with Crippen LogP contribution in [-0.2, 0) is 17.8 Å². The summed E-state index contributed by atoms with van der Waals surface area (Å²) in [4.78, 5) is 16.6. The molecule has 1 amide bonds. The fraction of sp³-hybridized carbons (Fsp3) is 0.174. The van der Waals surface area contributed by atoms with Crippen LogP contribution in [0.15, 0.2) is 65.3 Å². The molecule has 1 aliphatic rings. The van der Waals surface area contributed by atoms with Crippen LogP contribution >= 0.6 is 0 Å². The maximum absolute atomic E-state index is 13.3. The summed E-state index contributed by atoms with van der Waals surface area (Å²) < 4.78 is 31.4. The van der Waals surface area contributed by atoms with Crippen molar-refractivity contribution in [3.05, 3.63) is 72.2 Å². The molecule has 0 bridgehead atoms. The van der Waals surface area contributed by atoms with E-state index in [0.29, 0.717) is 41.9 Å². The third-order valence-electron chi connectivity index (χ3n) is 5.03. The number of aromatic nitrogens is 3. The Labute approximate surface area is 182 Å². The smallest absolute Gasteiger partial charge is 0.274 e. The molecule has 9 heteroatoms. The fourth-order valence-corrected chi connectivity index (χ4v) is 3.49. The molecule has 0 saturated heterocycles. The Morgan fingerprint density at radius 2 is 2.00 bits per heavy atom. The van der Waals surface area contributed by atoms with E-state index in [1.165, 1.54) is 12.1 Å². The Kier molecular flexibility index (Phi) is 5.29. The number of carbonyl (C=O) groups is 1. The largest absolute Gasteiger partial charge is 0.454 e. The van der Waals surface area contributed by atoms with Crippen molar-refractivity contribution in [3.8, 4) is 34.5 Å². The topological polar surface area (TPSA) is 91.4 Å². The first-order chi connectivity index (χ1) is 15.7. The van der Waals surface area contributed by atoms with E-state index in [9.17, 15) is 9.18 Å². The van der Waals surface area contributed by atoms with Crippen LogP contribution in [0, 0.1) is 5.82 Å². The molecule has 5 rings (SSSR count). The van der Waals surface area contributed by atoms with Crippen molar-refractivity contribution >= 4 is 5.91 Å². The molecule has 0 saturated carbocycles. The number of amides is 1. The standard InChI is InChI=1S/C23H19FN4O4/c24-17-4-1-3-15(11-17)12-21(29)25-8-10-28-9-2-5-18(28)23-26-22(27-32-23)16-6-7-19-20(13-16)31-14-30-19/h1-7,9,11,13H,8,10,12,14H2,(H,25,29). The van der Waals surface area contributed by atoms with Gasteiger partial charge in [-0.2, -0.15) is 4.98 Å². The van der Waals surface area contributed by atoms with Gasteiger partial charge in [-0.25, -0.2) is 4.39 Å². The zero-order chi connectivity index (χ0) is 21.9. The van der Waals surface area contributed by atoms with E-state index in [-0.39, 0.29) is 24.9 Å². The van der Waals surface area contributed by atoms with Crippen LogP contribution in [0.3, 0.4) is 0 Å². The van der Waals surface area contributed by atoms with Gasteiger partial charge < -0.3 is 23.9 Å². The Balaban J connectivity index is 1.22. The molecule has 32 heavy (non-hydrogen) atoms. The zero-order valence-corrected chi connectivity index (χ0v) is 17.0. The first-order valence-electron chi connectivity index (χ1n) is 10.1. The molecule has 0 aliphatic carbocycles. The summed E-state index contributed by atoms with van der Waals surface area (Å²) in [5, 5.41) is 6.92. The number of ether oxygens (including phenoxy) is 2. The summed E-state index contributed by atoms with van der Waals surface area (Å²) in [7, 11) is 0. The number of hydrogen-bond acceptors (Lipinski definition) is 6. The lowest BCUT2D eigenvalue weighted by Crippen LogP contribution is -2.28. The number of fused-ring (bicyclic) bond motifs is 1. The molecule has 3 heterocycles. The molecule has 162 valence electrons. The highest BCUT2D eigenvalue weighted by molar-refractivity contribution is 5.78. The SMILES string of the molecule is O=C(Cc1cccc(F)c1)NCCn1cccc1-c1nc(-c2ccc3c(c2)OCO3)no1. The molecular formula is C23H19FN4O4. The third-order valence-corrected chi connectivity index (χ3v) is 5.03. The Morgan fingerprint density at radius 3 is 2.91 bits per heavy atom.